The third-order valence-electron chi connectivity index (χ3n) is 5.78. The average molecular weight is 422 g/mol. The van der Waals surface area contributed by atoms with Crippen LogP contribution in [0.3, 0.4) is 0 Å². The number of hydrogen-bond acceptors (Lipinski definition) is 8. The van der Waals surface area contributed by atoms with E-state index in [1.54, 1.807) is 42.5 Å². The van der Waals surface area contributed by atoms with Crippen molar-refractivity contribution in [3.8, 4) is 17.2 Å². The minimum atomic E-state index is -0.760. The summed E-state index contributed by atoms with van der Waals surface area (Å²) < 4.78 is 16.1. The highest BCUT2D eigenvalue weighted by atomic mass is 32.2. The fourth-order valence-electron chi connectivity index (χ4n) is 4.48. The number of hydrogen-bond donors (Lipinski definition) is 1. The summed E-state index contributed by atoms with van der Waals surface area (Å²) in [5.74, 6) is -1.31. The Bertz CT molecular complexity index is 1190. The van der Waals surface area contributed by atoms with Crippen molar-refractivity contribution >= 4 is 35.2 Å². The van der Waals surface area contributed by atoms with Crippen LogP contribution < -0.4 is 24.8 Å². The fraction of sp³-hybridized carbons (Fsp3) is 0.190. The zero-order valence-corrected chi connectivity index (χ0v) is 16.2. The second-order valence-corrected chi connectivity index (χ2v) is 8.48. The molecule has 4 aliphatic rings. The number of thioether (sulfide) groups is 1. The van der Waals surface area contributed by atoms with Gasteiger partial charge in [0.15, 0.2) is 11.5 Å². The number of ether oxygens (including phenoxy) is 3. The molecule has 1 saturated heterocycles. The first-order chi connectivity index (χ1) is 14.5. The summed E-state index contributed by atoms with van der Waals surface area (Å²) in [7, 11) is 0. The number of benzene rings is 2. The van der Waals surface area contributed by atoms with Crippen molar-refractivity contribution in [2.24, 2.45) is 11.7 Å². The van der Waals surface area contributed by atoms with Crippen LogP contribution in [0.5, 0.6) is 17.2 Å². The molecule has 0 aliphatic carbocycles. The molecular formula is C21H14N2O6S. The van der Waals surface area contributed by atoms with Gasteiger partial charge in [-0.25, -0.2) is 9.69 Å². The van der Waals surface area contributed by atoms with Crippen LogP contribution in [0, 0.1) is 5.92 Å². The molecule has 0 aromatic heterocycles. The number of para-hydroxylation sites is 1. The van der Waals surface area contributed by atoms with Crippen LogP contribution in [0.15, 0.2) is 53.1 Å². The van der Waals surface area contributed by atoms with Crippen LogP contribution >= 0.6 is 11.8 Å². The van der Waals surface area contributed by atoms with Gasteiger partial charge in [0.1, 0.15) is 11.0 Å². The van der Waals surface area contributed by atoms with Crippen LogP contribution in [0.4, 0.5) is 5.69 Å². The monoisotopic (exact) mass is 422 g/mol. The van der Waals surface area contributed by atoms with Gasteiger partial charge < -0.3 is 19.9 Å². The van der Waals surface area contributed by atoms with Gasteiger partial charge in [-0.3, -0.25) is 9.59 Å². The molecule has 2 amide bonds. The lowest BCUT2D eigenvalue weighted by Crippen LogP contribution is -2.39. The van der Waals surface area contributed by atoms with E-state index in [4.69, 9.17) is 19.9 Å². The van der Waals surface area contributed by atoms with E-state index >= 15 is 0 Å². The molecule has 2 N–H and O–H groups in total. The average Bonchev–Trinajstić information content (AvgIpc) is 3.30. The quantitative estimate of drug-likeness (QED) is 0.422. The molecule has 4 heterocycles. The van der Waals surface area contributed by atoms with E-state index in [1.165, 1.54) is 0 Å². The topological polar surface area (TPSA) is 108 Å². The van der Waals surface area contributed by atoms with E-state index in [9.17, 15) is 14.4 Å². The maximum absolute atomic E-state index is 13.5. The van der Waals surface area contributed by atoms with Gasteiger partial charge in [-0.1, -0.05) is 30.0 Å². The first-order valence-corrected chi connectivity index (χ1v) is 10.2. The number of esters is 1. The summed E-state index contributed by atoms with van der Waals surface area (Å²) in [4.78, 5) is 40.6. The Hall–Kier alpha value is -3.46. The highest BCUT2D eigenvalue weighted by molar-refractivity contribution is 8.04. The van der Waals surface area contributed by atoms with Crippen molar-refractivity contribution in [3.63, 3.8) is 0 Å². The lowest BCUT2D eigenvalue weighted by Gasteiger charge is -2.36. The van der Waals surface area contributed by atoms with Crippen LogP contribution in [0.2, 0.25) is 0 Å². The molecule has 6 rings (SSSR count). The van der Waals surface area contributed by atoms with Gasteiger partial charge in [0.05, 0.1) is 22.2 Å². The number of carbonyl (C=O) groups excluding carboxylic acids is 3. The normalized spacial score (nSPS) is 26.3. The molecule has 3 atom stereocenters. The molecule has 8 nitrogen and oxygen atoms in total. The molecule has 0 unspecified atom stereocenters. The van der Waals surface area contributed by atoms with Gasteiger partial charge in [-0.15, -0.1) is 0 Å². The predicted octanol–water partition coefficient (Wildman–Crippen LogP) is 1.89. The zero-order valence-electron chi connectivity index (χ0n) is 15.4. The van der Waals surface area contributed by atoms with Crippen LogP contribution in [0.25, 0.3) is 0 Å². The number of nitrogens with two attached hydrogens (primary N) is 1. The number of amides is 2. The second-order valence-electron chi connectivity index (χ2n) is 7.30. The second kappa shape index (κ2) is 6.02. The summed E-state index contributed by atoms with van der Waals surface area (Å²) in [6, 6.07) is 12.0. The maximum atomic E-state index is 13.5. The number of imide groups is 1. The van der Waals surface area contributed by atoms with Gasteiger partial charge in [0, 0.05) is 17.5 Å². The molecule has 2 aromatic rings. The van der Waals surface area contributed by atoms with Crippen molar-refractivity contribution in [1.29, 1.82) is 0 Å². The molecule has 1 fully saturated rings. The van der Waals surface area contributed by atoms with E-state index < -0.39 is 23.1 Å². The number of fused-ring (bicyclic) bond motifs is 6. The zero-order chi connectivity index (χ0) is 20.6. The fourth-order valence-corrected chi connectivity index (χ4v) is 5.72. The van der Waals surface area contributed by atoms with Crippen molar-refractivity contribution in [2.75, 3.05) is 11.7 Å². The standard InChI is InChI=1S/C21H14N2O6S/c22-18-16-14(10-3-1-2-4-11(10)29-21(16)26)15-17(30-18)20(25)23(19(15)24)9-5-6-12-13(7-9)28-8-27-12/h1-7,14-15,17H,8,22H2/t14-,15+,17+/m1/s1. The van der Waals surface area contributed by atoms with E-state index in [-0.39, 0.29) is 29.2 Å². The number of anilines is 1. The molecular weight excluding hydrogens is 408 g/mol. The number of carbonyl (C=O) groups is 3. The van der Waals surface area contributed by atoms with E-state index in [1.807, 2.05) is 0 Å². The third kappa shape index (κ3) is 2.20. The minimum Gasteiger partial charge on any atom is -0.454 e. The number of rotatable bonds is 1. The Morgan fingerprint density at radius 3 is 2.63 bits per heavy atom. The first-order valence-electron chi connectivity index (χ1n) is 9.29. The molecule has 0 bridgehead atoms. The van der Waals surface area contributed by atoms with Crippen molar-refractivity contribution in [1.82, 2.24) is 0 Å². The molecule has 0 spiro atoms. The van der Waals surface area contributed by atoms with Gasteiger partial charge in [-0.05, 0) is 18.2 Å². The minimum absolute atomic E-state index is 0.0898. The Kier molecular flexibility index (Phi) is 3.49. The maximum Gasteiger partial charge on any atom is 0.342 e. The molecule has 4 aliphatic heterocycles. The Balaban J connectivity index is 1.48. The largest absolute Gasteiger partial charge is 0.454 e. The molecule has 0 radical (unpaired) electrons. The smallest absolute Gasteiger partial charge is 0.342 e. The lowest BCUT2D eigenvalue weighted by molar-refractivity contribution is -0.131. The predicted molar refractivity (Wildman–Crippen MR) is 106 cm³/mol. The lowest BCUT2D eigenvalue weighted by atomic mass is 9.77. The summed E-state index contributed by atoms with van der Waals surface area (Å²) in [5, 5.41) is -0.509. The van der Waals surface area contributed by atoms with E-state index in [0.717, 1.165) is 16.7 Å². The Labute approximate surface area is 174 Å². The van der Waals surface area contributed by atoms with Crippen molar-refractivity contribution in [3.05, 3.63) is 58.6 Å². The highest BCUT2D eigenvalue weighted by Crippen LogP contribution is 2.54. The molecule has 150 valence electrons. The Morgan fingerprint density at radius 1 is 0.967 bits per heavy atom. The molecule has 9 heteroatoms. The van der Waals surface area contributed by atoms with Crippen LogP contribution in [0.1, 0.15) is 11.5 Å². The van der Waals surface area contributed by atoms with E-state index in [2.05, 4.69) is 0 Å². The van der Waals surface area contributed by atoms with Crippen LogP contribution in [-0.2, 0) is 14.4 Å². The summed E-state index contributed by atoms with van der Waals surface area (Å²) in [6.07, 6.45) is 0. The van der Waals surface area contributed by atoms with Gasteiger partial charge >= 0.3 is 5.97 Å². The summed E-state index contributed by atoms with van der Waals surface area (Å²) >= 11 is 1.05. The summed E-state index contributed by atoms with van der Waals surface area (Å²) in [5.41, 5.74) is 7.50. The van der Waals surface area contributed by atoms with Gasteiger partial charge in [-0.2, -0.15) is 0 Å². The van der Waals surface area contributed by atoms with Crippen LogP contribution in [-0.4, -0.2) is 29.8 Å². The SMILES string of the molecule is NC1=C2C(=O)Oc3ccccc3[C@@H]2[C@@H]2C(=O)N(c3ccc4c(c3)OCO4)C(=O)[C@H]2S1. The highest BCUT2D eigenvalue weighted by Gasteiger charge is 2.58. The van der Waals surface area contributed by atoms with Gasteiger partial charge in [0.25, 0.3) is 0 Å². The molecule has 0 saturated carbocycles. The Morgan fingerprint density at radius 2 is 1.77 bits per heavy atom. The van der Waals surface area contributed by atoms with E-state index in [0.29, 0.717) is 28.5 Å². The summed E-state index contributed by atoms with van der Waals surface area (Å²) in [6.45, 7) is 0.0898. The van der Waals surface area contributed by atoms with Crippen molar-refractivity contribution in [2.45, 2.75) is 11.2 Å². The van der Waals surface area contributed by atoms with Gasteiger partial charge in [0.2, 0.25) is 18.6 Å². The molecule has 2 aromatic carbocycles. The first kappa shape index (κ1) is 17.4. The third-order valence-corrected chi connectivity index (χ3v) is 7.00. The molecule has 30 heavy (non-hydrogen) atoms. The van der Waals surface area contributed by atoms with Crippen molar-refractivity contribution < 1.29 is 28.6 Å². The number of nitrogens with zero attached hydrogens (tertiary/aromatic N) is 1.